The van der Waals surface area contributed by atoms with Crippen molar-refractivity contribution in [1.29, 1.82) is 10.8 Å². The number of hydrogen-bond acceptors (Lipinski definition) is 7. The maximum absolute atomic E-state index is 13.0. The first kappa shape index (κ1) is 27.1. The Morgan fingerprint density at radius 3 is 2.26 bits per heavy atom. The van der Waals surface area contributed by atoms with Gasteiger partial charge in [0.05, 0.1) is 6.04 Å². The summed E-state index contributed by atoms with van der Waals surface area (Å²) in [5.74, 6) is -1.32. The first-order valence-electron chi connectivity index (χ1n) is 11.1. The molecule has 12 N–H and O–H groups in total. The summed E-state index contributed by atoms with van der Waals surface area (Å²) in [6, 6.07) is 4.59. The number of carbonyl (C=O) groups is 2. The highest BCUT2D eigenvalue weighted by atomic mass is 16.4. The normalized spacial score (nSPS) is 12.4. The van der Waals surface area contributed by atoms with Crippen LogP contribution in [0.5, 0.6) is 0 Å². The lowest BCUT2D eigenvalue weighted by molar-refractivity contribution is -0.127. The monoisotopic (exact) mass is 487 g/mol. The summed E-state index contributed by atoms with van der Waals surface area (Å²) in [6.45, 7) is 2.53. The Kier molecular flexibility index (Phi) is 10.0. The quantitative estimate of drug-likeness (QED) is 0.0800. The second-order valence-corrected chi connectivity index (χ2v) is 8.08. The van der Waals surface area contributed by atoms with Gasteiger partial charge in [-0.2, -0.15) is 0 Å². The van der Waals surface area contributed by atoms with Gasteiger partial charge in [-0.15, -0.1) is 0 Å². The fraction of sp³-hybridized carbons (Fsp3) is 0.409. The topological polar surface area (TPSA) is 238 Å². The lowest BCUT2D eigenvalue weighted by Gasteiger charge is -2.21. The van der Waals surface area contributed by atoms with Gasteiger partial charge >= 0.3 is 5.63 Å². The van der Waals surface area contributed by atoms with E-state index in [1.54, 1.807) is 25.1 Å². The first-order valence-corrected chi connectivity index (χ1v) is 11.1. The summed E-state index contributed by atoms with van der Waals surface area (Å²) in [4.78, 5) is 37.3. The van der Waals surface area contributed by atoms with Gasteiger partial charge in [0.2, 0.25) is 11.8 Å². The van der Waals surface area contributed by atoms with Crippen LogP contribution in [0.3, 0.4) is 0 Å². The zero-order valence-corrected chi connectivity index (χ0v) is 19.6. The van der Waals surface area contributed by atoms with E-state index < -0.39 is 29.5 Å². The predicted octanol–water partition coefficient (Wildman–Crippen LogP) is -0.621. The van der Waals surface area contributed by atoms with E-state index in [0.29, 0.717) is 43.6 Å². The minimum atomic E-state index is -0.905. The molecule has 2 rings (SSSR count). The van der Waals surface area contributed by atoms with E-state index in [1.807, 2.05) is 0 Å². The Morgan fingerprint density at radius 2 is 1.63 bits per heavy atom. The number of carbonyl (C=O) groups excluding carboxylic acids is 2. The first-order chi connectivity index (χ1) is 16.6. The molecule has 13 heteroatoms. The van der Waals surface area contributed by atoms with Crippen LogP contribution >= 0.6 is 0 Å². The minimum Gasteiger partial charge on any atom is -0.423 e. The molecule has 2 aromatic rings. The number of nitrogens with two attached hydrogens (primary N) is 3. The number of anilines is 1. The number of amides is 2. The van der Waals surface area contributed by atoms with E-state index in [2.05, 4.69) is 21.3 Å². The van der Waals surface area contributed by atoms with Crippen molar-refractivity contribution in [1.82, 2.24) is 16.0 Å². The predicted molar refractivity (Wildman–Crippen MR) is 134 cm³/mol. The highest BCUT2D eigenvalue weighted by Crippen LogP contribution is 2.21. The van der Waals surface area contributed by atoms with Crippen molar-refractivity contribution in [3.63, 3.8) is 0 Å². The van der Waals surface area contributed by atoms with Gasteiger partial charge in [0.25, 0.3) is 0 Å². The lowest BCUT2D eigenvalue weighted by atomic mass is 10.1. The second kappa shape index (κ2) is 12.9. The number of guanidine groups is 2. The van der Waals surface area contributed by atoms with Crippen LogP contribution in [0.2, 0.25) is 0 Å². The molecule has 35 heavy (non-hydrogen) atoms. The van der Waals surface area contributed by atoms with Crippen LogP contribution in [0.25, 0.3) is 11.0 Å². The van der Waals surface area contributed by atoms with E-state index in [0.717, 1.165) is 10.9 Å². The van der Waals surface area contributed by atoms with Crippen LogP contribution < -0.4 is 44.1 Å². The maximum Gasteiger partial charge on any atom is 0.336 e. The molecule has 0 saturated carbocycles. The summed E-state index contributed by atoms with van der Waals surface area (Å²) in [5.41, 5.74) is 17.5. The smallest absolute Gasteiger partial charge is 0.336 e. The fourth-order valence-electron chi connectivity index (χ4n) is 3.38. The van der Waals surface area contributed by atoms with Crippen LogP contribution in [-0.4, -0.2) is 48.9 Å². The molecule has 0 saturated heterocycles. The van der Waals surface area contributed by atoms with Crippen molar-refractivity contribution in [2.75, 3.05) is 18.4 Å². The highest BCUT2D eigenvalue weighted by molar-refractivity contribution is 5.99. The number of nitrogens with one attached hydrogen (secondary N) is 6. The van der Waals surface area contributed by atoms with E-state index in [9.17, 15) is 14.4 Å². The molecule has 13 nitrogen and oxygen atoms in total. The van der Waals surface area contributed by atoms with Gasteiger partial charge in [-0.1, -0.05) is 0 Å². The van der Waals surface area contributed by atoms with Gasteiger partial charge in [-0.25, -0.2) is 4.79 Å². The average Bonchev–Trinajstić information content (AvgIpc) is 2.77. The Bertz CT molecular complexity index is 1130. The Balaban J connectivity index is 2.07. The summed E-state index contributed by atoms with van der Waals surface area (Å²) >= 11 is 0. The van der Waals surface area contributed by atoms with E-state index in [-0.39, 0.29) is 18.3 Å². The van der Waals surface area contributed by atoms with Gasteiger partial charge in [0.1, 0.15) is 11.6 Å². The summed E-state index contributed by atoms with van der Waals surface area (Å²) in [6.07, 6.45) is 1.55. The number of benzene rings is 1. The molecule has 0 spiro atoms. The van der Waals surface area contributed by atoms with Gasteiger partial charge in [0.15, 0.2) is 11.9 Å². The van der Waals surface area contributed by atoms with Gasteiger partial charge in [-0.3, -0.25) is 20.4 Å². The van der Waals surface area contributed by atoms with Crippen molar-refractivity contribution in [3.05, 3.63) is 40.2 Å². The molecule has 1 aromatic carbocycles. The van der Waals surface area contributed by atoms with E-state index in [1.165, 1.54) is 6.07 Å². The van der Waals surface area contributed by atoms with E-state index in [4.69, 9.17) is 32.4 Å². The molecule has 0 fully saturated rings. The third-order valence-corrected chi connectivity index (χ3v) is 5.18. The third-order valence-electron chi connectivity index (χ3n) is 5.18. The molecular formula is C22H33N9O4. The van der Waals surface area contributed by atoms with Crippen LogP contribution in [0.1, 0.15) is 31.2 Å². The number of rotatable bonds is 12. The van der Waals surface area contributed by atoms with Crippen molar-refractivity contribution < 1.29 is 14.0 Å². The van der Waals surface area contributed by atoms with Crippen molar-refractivity contribution in [2.45, 2.75) is 44.7 Å². The number of hydrogen-bond donors (Lipinski definition) is 9. The third kappa shape index (κ3) is 8.97. The number of aryl methyl sites for hydroxylation is 1. The SMILES string of the molecule is Cc1cc(=O)oc2cc(NC(=O)[C@H](CCCNC(=N)N)NC(=O)[C@@H](N)CCCNC(=N)N)ccc12. The summed E-state index contributed by atoms with van der Waals surface area (Å²) in [7, 11) is 0. The average molecular weight is 488 g/mol. The molecule has 2 atom stereocenters. The molecule has 0 bridgehead atoms. The van der Waals surface area contributed by atoms with Crippen LogP contribution in [0.15, 0.2) is 33.5 Å². The fourth-order valence-corrected chi connectivity index (χ4v) is 3.38. The zero-order valence-electron chi connectivity index (χ0n) is 19.6. The Labute approximate surface area is 202 Å². The van der Waals surface area contributed by atoms with E-state index >= 15 is 0 Å². The lowest BCUT2D eigenvalue weighted by Crippen LogP contribution is -2.50. The zero-order chi connectivity index (χ0) is 26.0. The largest absolute Gasteiger partial charge is 0.423 e. The highest BCUT2D eigenvalue weighted by Gasteiger charge is 2.24. The molecule has 1 heterocycles. The van der Waals surface area contributed by atoms with Gasteiger partial charge < -0.3 is 42.9 Å². The Hall–Kier alpha value is -4.13. The van der Waals surface area contributed by atoms with Crippen molar-refractivity contribution >= 4 is 40.4 Å². The standard InChI is InChI=1S/C22H33N9O4/c1-12-10-18(32)35-17-11-13(6-7-14(12)17)30-20(34)16(5-3-9-29-22(26)27)31-19(33)15(23)4-2-8-28-21(24)25/h6-7,10-11,15-16H,2-5,8-9,23H2,1H3,(H,30,34)(H,31,33)(H4,24,25,28)(H4,26,27,29)/t15-,16-/m0/s1. The van der Waals surface area contributed by atoms with Gasteiger partial charge in [-0.05, 0) is 50.3 Å². The molecule has 0 aliphatic rings. The molecular weight excluding hydrogens is 454 g/mol. The number of fused-ring (bicyclic) bond motifs is 1. The maximum atomic E-state index is 13.0. The molecule has 190 valence electrons. The van der Waals surface area contributed by atoms with Crippen LogP contribution in [0.4, 0.5) is 5.69 Å². The van der Waals surface area contributed by atoms with Gasteiger partial charge in [0, 0.05) is 36.3 Å². The molecule has 0 aliphatic heterocycles. The Morgan fingerprint density at radius 1 is 1.00 bits per heavy atom. The molecule has 1 aromatic heterocycles. The van der Waals surface area contributed by atoms with Crippen molar-refractivity contribution in [2.24, 2.45) is 17.2 Å². The molecule has 0 unspecified atom stereocenters. The summed E-state index contributed by atoms with van der Waals surface area (Å²) < 4.78 is 5.23. The van der Waals surface area contributed by atoms with Crippen molar-refractivity contribution in [3.8, 4) is 0 Å². The summed E-state index contributed by atoms with van der Waals surface area (Å²) in [5, 5.41) is 25.8. The van der Waals surface area contributed by atoms with Crippen LogP contribution in [-0.2, 0) is 9.59 Å². The molecule has 2 amide bonds. The van der Waals surface area contributed by atoms with Crippen LogP contribution in [0, 0.1) is 17.7 Å². The minimum absolute atomic E-state index is 0.165. The molecule has 0 radical (unpaired) electrons. The molecule has 0 aliphatic carbocycles. The second-order valence-electron chi connectivity index (χ2n) is 8.08.